The van der Waals surface area contributed by atoms with E-state index in [0.717, 1.165) is 3.79 Å². The average molecular weight is 249 g/mol. The van der Waals surface area contributed by atoms with Crippen LogP contribution in [0.1, 0.15) is 4.88 Å². The Morgan fingerprint density at radius 1 is 1.58 bits per heavy atom. The Balaban J connectivity index is 2.27. The zero-order valence-corrected chi connectivity index (χ0v) is 8.74. The fourth-order valence-electron chi connectivity index (χ4n) is 1.17. The van der Waals surface area contributed by atoms with Crippen LogP contribution < -0.4 is 11.3 Å². The summed E-state index contributed by atoms with van der Waals surface area (Å²) >= 11 is 5.11. The fourth-order valence-corrected chi connectivity index (χ4v) is 2.68. The van der Waals surface area contributed by atoms with Crippen molar-refractivity contribution in [3.63, 3.8) is 0 Å². The van der Waals surface area contributed by atoms with Gasteiger partial charge >= 0.3 is 0 Å². The van der Waals surface area contributed by atoms with Crippen LogP contribution in [0.3, 0.4) is 0 Å². The van der Waals surface area contributed by atoms with Gasteiger partial charge in [-0.05, 0) is 28.1 Å². The Morgan fingerprint density at radius 3 is 2.67 bits per heavy atom. The second-order valence-corrected chi connectivity index (χ2v) is 5.29. The van der Waals surface area contributed by atoms with Crippen LogP contribution in [0.5, 0.6) is 0 Å². The van der Waals surface area contributed by atoms with Crippen LogP contribution in [0.4, 0.5) is 0 Å². The first-order valence-electron chi connectivity index (χ1n) is 3.58. The minimum absolute atomic E-state index is 0.128. The third-order valence-electron chi connectivity index (χ3n) is 2.02. The maximum atomic E-state index is 5.47. The molecule has 0 amide bonds. The van der Waals surface area contributed by atoms with E-state index in [0.29, 0.717) is 13.2 Å². The van der Waals surface area contributed by atoms with Crippen molar-refractivity contribution in [2.24, 2.45) is 5.84 Å². The van der Waals surface area contributed by atoms with E-state index < -0.39 is 0 Å². The Kier molecular flexibility index (Phi) is 2.22. The first-order chi connectivity index (χ1) is 5.77. The summed E-state index contributed by atoms with van der Waals surface area (Å²) in [6.07, 6.45) is 0. The van der Waals surface area contributed by atoms with Crippen molar-refractivity contribution in [2.75, 3.05) is 13.2 Å². The molecule has 0 atom stereocenters. The van der Waals surface area contributed by atoms with Gasteiger partial charge in [0.1, 0.15) is 5.54 Å². The maximum absolute atomic E-state index is 5.47. The van der Waals surface area contributed by atoms with E-state index in [9.17, 15) is 0 Å². The molecule has 12 heavy (non-hydrogen) atoms. The van der Waals surface area contributed by atoms with E-state index >= 15 is 0 Å². The zero-order chi connectivity index (χ0) is 8.60. The van der Waals surface area contributed by atoms with E-state index in [1.54, 1.807) is 11.3 Å². The summed E-state index contributed by atoms with van der Waals surface area (Å²) < 4.78 is 6.27. The Hall–Kier alpha value is 0.0600. The molecule has 0 aliphatic carbocycles. The van der Waals surface area contributed by atoms with Crippen molar-refractivity contribution in [1.29, 1.82) is 0 Å². The zero-order valence-electron chi connectivity index (χ0n) is 6.34. The van der Waals surface area contributed by atoms with E-state index in [4.69, 9.17) is 10.6 Å². The Bertz CT molecular complexity index is 279. The summed E-state index contributed by atoms with van der Waals surface area (Å²) in [5.41, 5.74) is 2.68. The highest BCUT2D eigenvalue weighted by Gasteiger charge is 2.40. The first-order valence-corrected chi connectivity index (χ1v) is 5.19. The molecule has 5 heteroatoms. The number of hydrazine groups is 1. The molecule has 0 unspecified atom stereocenters. The number of thiophene rings is 1. The van der Waals surface area contributed by atoms with Gasteiger partial charge in [-0.25, -0.2) is 5.43 Å². The monoisotopic (exact) mass is 248 g/mol. The van der Waals surface area contributed by atoms with Crippen LogP contribution in [0.25, 0.3) is 0 Å². The van der Waals surface area contributed by atoms with Crippen LogP contribution >= 0.6 is 27.3 Å². The van der Waals surface area contributed by atoms with Crippen molar-refractivity contribution in [2.45, 2.75) is 5.54 Å². The summed E-state index contributed by atoms with van der Waals surface area (Å²) in [7, 11) is 0. The molecule has 0 bridgehead atoms. The van der Waals surface area contributed by atoms with Crippen LogP contribution in [-0.2, 0) is 10.3 Å². The highest BCUT2D eigenvalue weighted by atomic mass is 79.9. The predicted octanol–water partition coefficient (Wildman–Crippen LogP) is 1.20. The van der Waals surface area contributed by atoms with Gasteiger partial charge in [-0.2, -0.15) is 0 Å². The van der Waals surface area contributed by atoms with Crippen molar-refractivity contribution < 1.29 is 4.74 Å². The van der Waals surface area contributed by atoms with Gasteiger partial charge in [-0.3, -0.25) is 5.84 Å². The van der Waals surface area contributed by atoms with Crippen LogP contribution in [0, 0.1) is 0 Å². The van der Waals surface area contributed by atoms with Gasteiger partial charge in [0.15, 0.2) is 0 Å². The third-order valence-corrected chi connectivity index (χ3v) is 3.85. The number of rotatable bonds is 2. The molecule has 2 rings (SSSR count). The molecular formula is C7H9BrN2OS. The van der Waals surface area contributed by atoms with Gasteiger partial charge < -0.3 is 4.74 Å². The van der Waals surface area contributed by atoms with Crippen molar-refractivity contribution in [3.8, 4) is 0 Å². The lowest BCUT2D eigenvalue weighted by Gasteiger charge is -2.39. The molecular weight excluding hydrogens is 240 g/mol. The highest BCUT2D eigenvalue weighted by molar-refractivity contribution is 9.11. The Labute approximate surface area is 83.0 Å². The molecule has 1 saturated heterocycles. The molecule has 0 radical (unpaired) electrons. The molecule has 1 aromatic rings. The molecule has 1 aromatic heterocycles. The van der Waals surface area contributed by atoms with Gasteiger partial charge in [0, 0.05) is 4.88 Å². The topological polar surface area (TPSA) is 47.3 Å². The number of hydrogen-bond acceptors (Lipinski definition) is 4. The SMILES string of the molecule is NNC1(c2ccc(Br)s2)COC1. The summed E-state index contributed by atoms with van der Waals surface area (Å²) in [6, 6.07) is 4.09. The molecule has 3 N–H and O–H groups in total. The van der Waals surface area contributed by atoms with E-state index in [2.05, 4.69) is 27.4 Å². The van der Waals surface area contributed by atoms with Gasteiger partial charge in [0.05, 0.1) is 17.0 Å². The van der Waals surface area contributed by atoms with Gasteiger partial charge in [-0.1, -0.05) is 0 Å². The quantitative estimate of drug-likeness (QED) is 0.611. The minimum atomic E-state index is -0.128. The number of nitrogens with one attached hydrogen (secondary N) is 1. The molecule has 0 saturated carbocycles. The molecule has 1 fully saturated rings. The van der Waals surface area contributed by atoms with Crippen LogP contribution in [0.15, 0.2) is 15.9 Å². The molecule has 0 aromatic carbocycles. The smallest absolute Gasteiger partial charge is 0.113 e. The molecule has 1 aliphatic rings. The second-order valence-electron chi connectivity index (χ2n) is 2.82. The van der Waals surface area contributed by atoms with Gasteiger partial charge in [0.25, 0.3) is 0 Å². The molecule has 3 nitrogen and oxygen atoms in total. The maximum Gasteiger partial charge on any atom is 0.113 e. The van der Waals surface area contributed by atoms with Crippen molar-refractivity contribution >= 4 is 27.3 Å². The predicted molar refractivity (Wildman–Crippen MR) is 51.8 cm³/mol. The average Bonchev–Trinajstić information content (AvgIpc) is 2.35. The summed E-state index contributed by atoms with van der Waals surface area (Å²) in [5, 5.41) is 0. The fraction of sp³-hybridized carbons (Fsp3) is 0.429. The number of ether oxygens (including phenoxy) is 1. The molecule has 0 spiro atoms. The molecule has 66 valence electrons. The number of hydrogen-bond donors (Lipinski definition) is 2. The Morgan fingerprint density at radius 2 is 2.33 bits per heavy atom. The van der Waals surface area contributed by atoms with Crippen LogP contribution in [-0.4, -0.2) is 13.2 Å². The summed E-state index contributed by atoms with van der Waals surface area (Å²) in [5.74, 6) is 5.47. The number of nitrogens with two attached hydrogens (primary N) is 1. The van der Waals surface area contributed by atoms with Crippen LogP contribution in [0.2, 0.25) is 0 Å². The van der Waals surface area contributed by atoms with E-state index in [1.807, 2.05) is 6.07 Å². The van der Waals surface area contributed by atoms with Gasteiger partial charge in [0.2, 0.25) is 0 Å². The number of halogens is 1. The lowest BCUT2D eigenvalue weighted by Crippen LogP contribution is -2.59. The second kappa shape index (κ2) is 3.08. The first kappa shape index (κ1) is 8.65. The third kappa shape index (κ3) is 1.22. The van der Waals surface area contributed by atoms with E-state index in [1.165, 1.54) is 4.88 Å². The normalized spacial score (nSPS) is 20.5. The molecule has 2 heterocycles. The standard InChI is InChI=1S/C7H9BrN2OS/c8-6-2-1-5(12-6)7(10-9)3-11-4-7/h1-2,10H,3-4,9H2. The summed E-state index contributed by atoms with van der Waals surface area (Å²) in [6.45, 7) is 1.33. The van der Waals surface area contributed by atoms with Crippen molar-refractivity contribution in [1.82, 2.24) is 5.43 Å². The van der Waals surface area contributed by atoms with Crippen molar-refractivity contribution in [3.05, 3.63) is 20.8 Å². The van der Waals surface area contributed by atoms with E-state index in [-0.39, 0.29) is 5.54 Å². The highest BCUT2D eigenvalue weighted by Crippen LogP contribution is 2.35. The molecule has 1 aliphatic heterocycles. The lowest BCUT2D eigenvalue weighted by atomic mass is 9.97. The summed E-state index contributed by atoms with van der Waals surface area (Å²) in [4.78, 5) is 1.23. The minimum Gasteiger partial charge on any atom is -0.377 e. The largest absolute Gasteiger partial charge is 0.377 e. The van der Waals surface area contributed by atoms with Gasteiger partial charge in [-0.15, -0.1) is 11.3 Å². The lowest BCUT2D eigenvalue weighted by molar-refractivity contribution is -0.0767.